The molecule has 0 radical (unpaired) electrons. The lowest BCUT2D eigenvalue weighted by Gasteiger charge is -2.10. The zero-order valence-corrected chi connectivity index (χ0v) is 13.6. The summed E-state index contributed by atoms with van der Waals surface area (Å²) < 4.78 is 0. The van der Waals surface area contributed by atoms with Gasteiger partial charge in [0.15, 0.2) is 0 Å². The lowest BCUT2D eigenvalue weighted by Crippen LogP contribution is -1.95. The third-order valence-electron chi connectivity index (χ3n) is 4.02. The van der Waals surface area contributed by atoms with E-state index in [1.165, 1.54) is 0 Å². The molecule has 4 aromatic rings. The average Bonchev–Trinajstić information content (AvgIpc) is 2.67. The second-order valence-electron chi connectivity index (χ2n) is 5.69. The van der Waals surface area contributed by atoms with Crippen LogP contribution >= 0.6 is 0 Å². The summed E-state index contributed by atoms with van der Waals surface area (Å²) in [6, 6.07) is 13.7. The third kappa shape index (κ3) is 2.73. The second-order valence-corrected chi connectivity index (χ2v) is 5.69. The predicted molar refractivity (Wildman–Crippen MR) is 98.7 cm³/mol. The maximum atomic E-state index is 5.54. The summed E-state index contributed by atoms with van der Waals surface area (Å²) in [7, 11) is 0. The summed E-state index contributed by atoms with van der Waals surface area (Å²) in [6.45, 7) is 1.95. The van der Waals surface area contributed by atoms with Gasteiger partial charge in [0, 0.05) is 40.2 Å². The number of benzene rings is 1. The van der Waals surface area contributed by atoms with Crippen molar-refractivity contribution in [3.63, 3.8) is 0 Å². The Morgan fingerprint density at radius 1 is 0.920 bits per heavy atom. The highest BCUT2D eigenvalue weighted by Crippen LogP contribution is 2.32. The van der Waals surface area contributed by atoms with Crippen LogP contribution in [0.15, 0.2) is 61.2 Å². The Kier molecular flexibility index (Phi) is 3.68. The average molecular weight is 322 g/mol. The van der Waals surface area contributed by atoms with E-state index >= 15 is 0 Å². The molecule has 0 aliphatic heterocycles. The van der Waals surface area contributed by atoms with Gasteiger partial charge < -0.3 is 0 Å². The van der Waals surface area contributed by atoms with Crippen molar-refractivity contribution in [3.05, 3.63) is 72.4 Å². The summed E-state index contributed by atoms with van der Waals surface area (Å²) in [5.41, 5.74) is 6.13. The van der Waals surface area contributed by atoms with Crippen molar-refractivity contribution in [2.24, 2.45) is 0 Å². The molecule has 0 bridgehead atoms. The van der Waals surface area contributed by atoms with Crippen LogP contribution in [0, 0.1) is 19.3 Å². The molecule has 0 aliphatic carbocycles. The van der Waals surface area contributed by atoms with Crippen LogP contribution < -0.4 is 0 Å². The fraction of sp³-hybridized carbons (Fsp3) is 0.0476. The number of nitrogens with zero attached hydrogens (tertiary/aromatic N) is 4. The molecule has 4 rings (SSSR count). The van der Waals surface area contributed by atoms with Crippen molar-refractivity contribution >= 4 is 10.9 Å². The predicted octanol–water partition coefficient (Wildman–Crippen LogP) is 4.04. The van der Waals surface area contributed by atoms with Gasteiger partial charge >= 0.3 is 0 Å². The number of rotatable bonds is 2. The first-order valence-electron chi connectivity index (χ1n) is 7.86. The van der Waals surface area contributed by atoms with Crippen LogP contribution in [-0.2, 0) is 0 Å². The highest BCUT2D eigenvalue weighted by Gasteiger charge is 2.13. The molecule has 0 atom stereocenters. The van der Waals surface area contributed by atoms with Gasteiger partial charge in [0.1, 0.15) is 6.33 Å². The molecule has 0 aliphatic rings. The molecule has 0 spiro atoms. The van der Waals surface area contributed by atoms with E-state index in [-0.39, 0.29) is 0 Å². The molecule has 3 heterocycles. The summed E-state index contributed by atoms with van der Waals surface area (Å²) in [4.78, 5) is 17.8. The highest BCUT2D eigenvalue weighted by molar-refractivity contribution is 5.95. The van der Waals surface area contributed by atoms with Gasteiger partial charge in [0.25, 0.3) is 0 Å². The lowest BCUT2D eigenvalue weighted by molar-refractivity contribution is 1.17. The van der Waals surface area contributed by atoms with Crippen molar-refractivity contribution in [1.82, 2.24) is 19.9 Å². The van der Waals surface area contributed by atoms with Gasteiger partial charge in [-0.1, -0.05) is 18.1 Å². The third-order valence-corrected chi connectivity index (χ3v) is 4.02. The Balaban J connectivity index is 1.98. The minimum atomic E-state index is 0.812. The van der Waals surface area contributed by atoms with Crippen molar-refractivity contribution < 1.29 is 0 Å². The molecule has 0 saturated carbocycles. The largest absolute Gasteiger partial charge is 0.261 e. The first kappa shape index (κ1) is 15.0. The van der Waals surface area contributed by atoms with Crippen molar-refractivity contribution in [2.75, 3.05) is 0 Å². The molecule has 118 valence electrons. The van der Waals surface area contributed by atoms with Crippen LogP contribution in [0.5, 0.6) is 0 Å². The van der Waals surface area contributed by atoms with E-state index in [1.54, 1.807) is 12.5 Å². The summed E-state index contributed by atoms with van der Waals surface area (Å²) in [6.07, 6.45) is 10.7. The van der Waals surface area contributed by atoms with Gasteiger partial charge in [0.2, 0.25) is 0 Å². The monoisotopic (exact) mass is 322 g/mol. The molecule has 0 unspecified atom stereocenters. The van der Waals surface area contributed by atoms with E-state index in [9.17, 15) is 0 Å². The van der Waals surface area contributed by atoms with Gasteiger partial charge in [-0.25, -0.2) is 9.97 Å². The van der Waals surface area contributed by atoms with E-state index < -0.39 is 0 Å². The molecule has 3 aromatic heterocycles. The Hall–Kier alpha value is -3.58. The van der Waals surface area contributed by atoms with Gasteiger partial charge in [-0.3, -0.25) is 9.97 Å². The zero-order valence-electron chi connectivity index (χ0n) is 13.6. The maximum Gasteiger partial charge on any atom is 0.116 e. The quantitative estimate of drug-likeness (QED) is 0.523. The molecule has 0 fully saturated rings. The van der Waals surface area contributed by atoms with Crippen molar-refractivity contribution in [1.29, 1.82) is 0 Å². The van der Waals surface area contributed by atoms with Gasteiger partial charge in [-0.2, -0.15) is 0 Å². The first-order valence-corrected chi connectivity index (χ1v) is 7.86. The molecule has 0 amide bonds. The number of terminal acetylenes is 1. The number of hydrogen-bond donors (Lipinski definition) is 0. The number of aromatic nitrogens is 4. The lowest BCUT2D eigenvalue weighted by atomic mass is 10.00. The smallest absolute Gasteiger partial charge is 0.116 e. The Morgan fingerprint density at radius 2 is 1.84 bits per heavy atom. The highest BCUT2D eigenvalue weighted by atomic mass is 14.8. The molecule has 1 aromatic carbocycles. The van der Waals surface area contributed by atoms with E-state index in [0.29, 0.717) is 0 Å². The Labute approximate surface area is 145 Å². The fourth-order valence-corrected chi connectivity index (χ4v) is 2.85. The fourth-order valence-electron chi connectivity index (χ4n) is 2.85. The van der Waals surface area contributed by atoms with E-state index in [0.717, 1.165) is 44.7 Å². The molecule has 25 heavy (non-hydrogen) atoms. The van der Waals surface area contributed by atoms with Crippen molar-refractivity contribution in [3.8, 4) is 34.9 Å². The van der Waals surface area contributed by atoms with E-state index in [1.807, 2.05) is 55.6 Å². The minimum Gasteiger partial charge on any atom is -0.261 e. The number of hydrogen-bond acceptors (Lipinski definition) is 4. The Morgan fingerprint density at radius 3 is 2.72 bits per heavy atom. The van der Waals surface area contributed by atoms with Crippen LogP contribution in [0.1, 0.15) is 11.3 Å². The molecular formula is C21H14N4. The van der Waals surface area contributed by atoms with Crippen molar-refractivity contribution in [2.45, 2.75) is 6.92 Å². The van der Waals surface area contributed by atoms with Gasteiger partial charge in [-0.05, 0) is 37.3 Å². The number of fused-ring (bicyclic) bond motifs is 1. The van der Waals surface area contributed by atoms with Crippen LogP contribution in [-0.4, -0.2) is 19.9 Å². The van der Waals surface area contributed by atoms with E-state index in [2.05, 4.69) is 25.9 Å². The van der Waals surface area contributed by atoms with Crippen LogP contribution in [0.2, 0.25) is 0 Å². The summed E-state index contributed by atoms with van der Waals surface area (Å²) in [5, 5.41) is 0.899. The van der Waals surface area contributed by atoms with Crippen LogP contribution in [0.25, 0.3) is 33.4 Å². The normalized spacial score (nSPS) is 10.6. The standard InChI is InChI=1S/C21H14N4/c1-3-15-6-4-7-16(11-15)20-17(8-5-9-22-20)21-18-12-23-14(2)10-19(18)24-13-25-21/h1,4-13H,2H3. The topological polar surface area (TPSA) is 51.6 Å². The number of aryl methyl sites for hydroxylation is 1. The molecule has 4 heteroatoms. The molecular weight excluding hydrogens is 308 g/mol. The van der Waals surface area contributed by atoms with E-state index in [4.69, 9.17) is 6.42 Å². The first-order chi connectivity index (χ1) is 12.3. The maximum absolute atomic E-state index is 5.54. The van der Waals surface area contributed by atoms with Crippen LogP contribution in [0.4, 0.5) is 0 Å². The SMILES string of the molecule is C#Cc1cccc(-c2ncccc2-c2ncnc3cc(C)ncc23)c1. The van der Waals surface area contributed by atoms with Gasteiger partial charge in [0.05, 0.1) is 16.9 Å². The molecule has 0 saturated heterocycles. The number of pyridine rings is 2. The van der Waals surface area contributed by atoms with Crippen LogP contribution in [0.3, 0.4) is 0 Å². The molecule has 4 nitrogen and oxygen atoms in total. The summed E-state index contributed by atoms with van der Waals surface area (Å²) >= 11 is 0. The van der Waals surface area contributed by atoms with Gasteiger partial charge in [-0.15, -0.1) is 6.42 Å². The Bertz CT molecular complexity index is 1130. The molecule has 0 N–H and O–H groups in total. The minimum absolute atomic E-state index is 0.812. The zero-order chi connectivity index (χ0) is 17.2. The second kappa shape index (κ2) is 6.14. The summed E-state index contributed by atoms with van der Waals surface area (Å²) in [5.74, 6) is 2.67.